The van der Waals surface area contributed by atoms with Crippen LogP contribution in [0, 0.1) is 6.92 Å². The molecule has 0 aromatic heterocycles. The number of fused-ring (bicyclic) bond motifs is 1. The third-order valence-corrected chi connectivity index (χ3v) is 5.12. The Kier molecular flexibility index (Phi) is 5.21. The second-order valence-electron chi connectivity index (χ2n) is 7.38. The van der Waals surface area contributed by atoms with E-state index in [0.717, 1.165) is 30.8 Å². The number of anilines is 2. The number of aromatic hydroxyl groups is 1. The molecule has 2 aromatic rings. The van der Waals surface area contributed by atoms with Crippen molar-refractivity contribution in [1.82, 2.24) is 0 Å². The van der Waals surface area contributed by atoms with E-state index in [1.165, 1.54) is 22.4 Å². The maximum atomic E-state index is 11.8. The normalized spacial score (nSPS) is 13.2. The molecule has 2 aromatic carbocycles. The molecule has 0 radical (unpaired) electrons. The summed E-state index contributed by atoms with van der Waals surface area (Å²) < 4.78 is 0. The number of phenols is 1. The first-order chi connectivity index (χ1) is 12.4. The van der Waals surface area contributed by atoms with Crippen LogP contribution in [0.5, 0.6) is 5.75 Å². The molecule has 0 bridgehead atoms. The summed E-state index contributed by atoms with van der Waals surface area (Å²) >= 11 is 0. The molecule has 4 nitrogen and oxygen atoms in total. The van der Waals surface area contributed by atoms with Crippen molar-refractivity contribution in [2.75, 3.05) is 16.8 Å². The van der Waals surface area contributed by atoms with Gasteiger partial charge in [0.05, 0.1) is 0 Å². The monoisotopic (exact) mass is 352 g/mol. The van der Waals surface area contributed by atoms with Crippen LogP contribution in [0.3, 0.4) is 0 Å². The lowest BCUT2D eigenvalue weighted by atomic mass is 9.99. The van der Waals surface area contributed by atoms with Gasteiger partial charge < -0.3 is 15.3 Å². The lowest BCUT2D eigenvalue weighted by Crippen LogP contribution is -2.20. The summed E-state index contributed by atoms with van der Waals surface area (Å²) in [6.45, 7) is 9.92. The highest BCUT2D eigenvalue weighted by Crippen LogP contribution is 2.38. The van der Waals surface area contributed by atoms with Crippen molar-refractivity contribution in [3.8, 4) is 5.75 Å². The Bertz CT molecular complexity index is 827. The number of rotatable bonds is 5. The average molecular weight is 352 g/mol. The quantitative estimate of drug-likeness (QED) is 0.817. The van der Waals surface area contributed by atoms with Gasteiger partial charge in [-0.3, -0.25) is 4.79 Å². The van der Waals surface area contributed by atoms with E-state index in [0.29, 0.717) is 18.1 Å². The molecular formula is C22H28N2O2. The van der Waals surface area contributed by atoms with E-state index in [1.54, 1.807) is 6.07 Å². The molecule has 3 rings (SSSR count). The number of nitrogens with zero attached hydrogens (tertiary/aromatic N) is 1. The second-order valence-corrected chi connectivity index (χ2v) is 7.38. The molecule has 138 valence electrons. The number of hydrogen-bond donors (Lipinski definition) is 2. The fourth-order valence-electron chi connectivity index (χ4n) is 3.70. The Morgan fingerprint density at radius 1 is 1.27 bits per heavy atom. The van der Waals surface area contributed by atoms with Crippen LogP contribution < -0.4 is 10.2 Å². The summed E-state index contributed by atoms with van der Waals surface area (Å²) in [6.07, 6.45) is 1.42. The molecule has 4 heteroatoms. The van der Waals surface area contributed by atoms with Crippen LogP contribution in [-0.4, -0.2) is 17.6 Å². The Morgan fingerprint density at radius 2 is 2.04 bits per heavy atom. The van der Waals surface area contributed by atoms with Crippen LogP contribution in [0.4, 0.5) is 11.4 Å². The maximum Gasteiger partial charge on any atom is 0.224 e. The first-order valence-corrected chi connectivity index (χ1v) is 9.39. The van der Waals surface area contributed by atoms with Crippen molar-refractivity contribution < 1.29 is 9.90 Å². The zero-order valence-electron chi connectivity index (χ0n) is 16.1. The number of carbonyl (C=O) groups excluding carboxylic acids is 1. The first-order valence-electron chi connectivity index (χ1n) is 9.39. The molecule has 0 unspecified atom stereocenters. The minimum absolute atomic E-state index is 0.0506. The maximum absolute atomic E-state index is 11.8. The van der Waals surface area contributed by atoms with Crippen LogP contribution >= 0.6 is 0 Å². The average Bonchev–Trinajstić information content (AvgIpc) is 3.03. The highest BCUT2D eigenvalue weighted by Gasteiger charge is 2.24. The zero-order valence-corrected chi connectivity index (χ0v) is 16.1. The molecule has 0 atom stereocenters. The molecule has 0 aliphatic carbocycles. The molecule has 26 heavy (non-hydrogen) atoms. The zero-order chi connectivity index (χ0) is 18.8. The topological polar surface area (TPSA) is 52.6 Å². The van der Waals surface area contributed by atoms with Crippen LogP contribution in [0.25, 0.3) is 0 Å². The van der Waals surface area contributed by atoms with Crippen molar-refractivity contribution in [2.24, 2.45) is 0 Å². The molecule has 1 aliphatic heterocycles. The van der Waals surface area contributed by atoms with Gasteiger partial charge >= 0.3 is 0 Å². The Balaban J connectivity index is 1.89. The minimum Gasteiger partial charge on any atom is -0.508 e. The van der Waals surface area contributed by atoms with E-state index in [2.05, 4.69) is 43.1 Å². The van der Waals surface area contributed by atoms with Crippen LogP contribution in [0.1, 0.15) is 55.4 Å². The molecule has 0 fully saturated rings. The van der Waals surface area contributed by atoms with Crippen molar-refractivity contribution in [3.63, 3.8) is 0 Å². The van der Waals surface area contributed by atoms with Crippen molar-refractivity contribution >= 4 is 17.3 Å². The number of nitrogens with one attached hydrogen (secondary N) is 1. The SMILES string of the molecule is CCC(=O)Nc1ccc(C)c2c1CCN2Cc1ccc(O)c(C(C)C)c1. The number of benzene rings is 2. The highest BCUT2D eigenvalue weighted by atomic mass is 16.3. The summed E-state index contributed by atoms with van der Waals surface area (Å²) in [4.78, 5) is 14.2. The first kappa shape index (κ1) is 18.3. The fourth-order valence-corrected chi connectivity index (χ4v) is 3.70. The van der Waals surface area contributed by atoms with E-state index in [9.17, 15) is 9.90 Å². The van der Waals surface area contributed by atoms with Gasteiger partial charge in [-0.2, -0.15) is 0 Å². The van der Waals surface area contributed by atoms with E-state index in [-0.39, 0.29) is 5.91 Å². The molecule has 0 saturated carbocycles. The predicted molar refractivity (Wildman–Crippen MR) is 107 cm³/mol. The summed E-state index contributed by atoms with van der Waals surface area (Å²) in [5, 5.41) is 13.1. The standard InChI is InChI=1S/C22H28N2O2/c1-5-21(26)23-19-8-6-15(4)22-17(19)10-11-24(22)13-16-7-9-20(25)18(12-16)14(2)3/h6-9,12,14,25H,5,10-11,13H2,1-4H3,(H,23,26). The van der Waals surface area contributed by atoms with Gasteiger partial charge in [0.2, 0.25) is 5.91 Å². The minimum atomic E-state index is 0.0506. The van der Waals surface area contributed by atoms with E-state index in [4.69, 9.17) is 0 Å². The van der Waals surface area contributed by atoms with Crippen molar-refractivity contribution in [1.29, 1.82) is 0 Å². The third kappa shape index (κ3) is 3.55. The number of hydrogen-bond acceptors (Lipinski definition) is 3. The Labute approximate surface area is 155 Å². The Hall–Kier alpha value is -2.49. The van der Waals surface area contributed by atoms with Crippen LogP contribution in [-0.2, 0) is 17.8 Å². The van der Waals surface area contributed by atoms with Crippen LogP contribution in [0.2, 0.25) is 0 Å². The summed E-state index contributed by atoms with van der Waals surface area (Å²) in [5.74, 6) is 0.708. The van der Waals surface area contributed by atoms with Gasteiger partial charge in [0, 0.05) is 36.4 Å². The van der Waals surface area contributed by atoms with Gasteiger partial charge in [-0.25, -0.2) is 0 Å². The molecular weight excluding hydrogens is 324 g/mol. The molecule has 0 spiro atoms. The molecule has 1 heterocycles. The summed E-state index contributed by atoms with van der Waals surface area (Å²) in [6, 6.07) is 10.0. The summed E-state index contributed by atoms with van der Waals surface area (Å²) in [5.41, 5.74) is 6.82. The summed E-state index contributed by atoms with van der Waals surface area (Å²) in [7, 11) is 0. The number of amides is 1. The van der Waals surface area contributed by atoms with E-state index in [1.807, 2.05) is 19.1 Å². The number of carbonyl (C=O) groups is 1. The van der Waals surface area contributed by atoms with Gasteiger partial charge in [0.1, 0.15) is 5.75 Å². The van der Waals surface area contributed by atoms with E-state index >= 15 is 0 Å². The largest absolute Gasteiger partial charge is 0.508 e. The molecule has 0 saturated heterocycles. The lowest BCUT2D eigenvalue weighted by molar-refractivity contribution is -0.115. The molecule has 1 amide bonds. The predicted octanol–water partition coefficient (Wildman–Crippen LogP) is 4.74. The fraction of sp³-hybridized carbons (Fsp3) is 0.409. The van der Waals surface area contributed by atoms with Gasteiger partial charge in [-0.15, -0.1) is 0 Å². The van der Waals surface area contributed by atoms with Crippen LogP contribution in [0.15, 0.2) is 30.3 Å². The number of phenolic OH excluding ortho intramolecular Hbond substituents is 1. The lowest BCUT2D eigenvalue weighted by Gasteiger charge is -2.23. The smallest absolute Gasteiger partial charge is 0.224 e. The second kappa shape index (κ2) is 7.40. The van der Waals surface area contributed by atoms with Gasteiger partial charge in [0.15, 0.2) is 0 Å². The van der Waals surface area contributed by atoms with E-state index < -0.39 is 0 Å². The van der Waals surface area contributed by atoms with Crippen molar-refractivity contribution in [2.45, 2.75) is 53.0 Å². The van der Waals surface area contributed by atoms with Gasteiger partial charge in [-0.1, -0.05) is 39.0 Å². The highest BCUT2D eigenvalue weighted by molar-refractivity contribution is 5.93. The Morgan fingerprint density at radius 3 is 2.73 bits per heavy atom. The number of aryl methyl sites for hydroxylation is 1. The van der Waals surface area contributed by atoms with Crippen molar-refractivity contribution in [3.05, 3.63) is 52.6 Å². The molecule has 1 aliphatic rings. The van der Waals surface area contributed by atoms with Gasteiger partial charge in [0.25, 0.3) is 0 Å². The van der Waals surface area contributed by atoms with Gasteiger partial charge in [-0.05, 0) is 48.1 Å². The third-order valence-electron chi connectivity index (χ3n) is 5.12. The molecule has 2 N–H and O–H groups in total.